The number of fused-ring (bicyclic) bond motifs is 1. The van der Waals surface area contributed by atoms with E-state index in [1.807, 2.05) is 21.7 Å². The largest absolute Gasteiger partial charge is 0.417 e. The number of nitrogens with zero attached hydrogens (tertiary/aromatic N) is 6. The standard InChI is InChI=1S/C24H27F4N7O2/c25-18-11-33(12-21(29)36)5-3-15(18)10-34-6-4-17-22(34)31-14-32-23(17)35-7-8-37-13-20(35)19-2-1-16(9-30-19)24(26,27)28/h1-2,4,6,9,14-15,18,20H,3,5,7-8,10-13H2,(H2,29,36)/t15?,18?,20-/m1/s1. The predicted molar refractivity (Wildman–Crippen MR) is 126 cm³/mol. The average Bonchev–Trinajstić information content (AvgIpc) is 3.28. The third kappa shape index (κ3) is 5.37. The molecule has 9 nitrogen and oxygen atoms in total. The van der Waals surface area contributed by atoms with Crippen molar-refractivity contribution in [3.8, 4) is 0 Å². The Morgan fingerprint density at radius 2 is 2.00 bits per heavy atom. The van der Waals surface area contributed by atoms with Gasteiger partial charge >= 0.3 is 6.18 Å². The van der Waals surface area contributed by atoms with Crippen molar-refractivity contribution in [1.82, 2.24) is 24.4 Å². The van der Waals surface area contributed by atoms with E-state index in [1.165, 1.54) is 12.4 Å². The lowest BCUT2D eigenvalue weighted by atomic mass is 9.94. The number of primary amides is 1. The van der Waals surface area contributed by atoms with Crippen LogP contribution in [0.5, 0.6) is 0 Å². The summed E-state index contributed by atoms with van der Waals surface area (Å²) in [6, 6.07) is 3.82. The quantitative estimate of drug-likeness (QED) is 0.498. The van der Waals surface area contributed by atoms with Gasteiger partial charge in [0.25, 0.3) is 0 Å². The smallest absolute Gasteiger partial charge is 0.377 e. The second kappa shape index (κ2) is 10.2. The summed E-state index contributed by atoms with van der Waals surface area (Å²) in [5, 5.41) is 0.753. The molecular formula is C24H27F4N7O2. The van der Waals surface area contributed by atoms with Crippen molar-refractivity contribution in [3.63, 3.8) is 0 Å². The zero-order valence-corrected chi connectivity index (χ0v) is 19.9. The first kappa shape index (κ1) is 25.3. The van der Waals surface area contributed by atoms with E-state index in [1.54, 1.807) is 4.90 Å². The lowest BCUT2D eigenvalue weighted by Gasteiger charge is -2.36. The number of amides is 1. The molecule has 13 heteroatoms. The molecule has 0 radical (unpaired) electrons. The molecule has 3 aromatic rings. The molecular weight excluding hydrogens is 494 g/mol. The molecule has 0 spiro atoms. The number of carbonyl (C=O) groups is 1. The molecule has 0 bridgehead atoms. The van der Waals surface area contributed by atoms with Gasteiger partial charge in [0.2, 0.25) is 5.91 Å². The first-order chi connectivity index (χ1) is 17.7. The number of likely N-dealkylation sites (tertiary alicyclic amines) is 1. The van der Waals surface area contributed by atoms with E-state index in [-0.39, 0.29) is 25.6 Å². The van der Waals surface area contributed by atoms with Gasteiger partial charge in [0.05, 0.1) is 42.4 Å². The van der Waals surface area contributed by atoms with Crippen molar-refractivity contribution in [2.45, 2.75) is 31.4 Å². The van der Waals surface area contributed by atoms with Crippen LogP contribution in [-0.4, -0.2) is 75.9 Å². The number of halogens is 4. The van der Waals surface area contributed by atoms with Gasteiger partial charge in [-0.25, -0.2) is 14.4 Å². The fourth-order valence-electron chi connectivity index (χ4n) is 5.08. The number of morpholine rings is 1. The number of aromatic nitrogens is 4. The molecule has 2 N–H and O–H groups in total. The highest BCUT2D eigenvalue weighted by Gasteiger charge is 2.34. The fraction of sp³-hybridized carbons (Fsp3) is 0.500. The van der Waals surface area contributed by atoms with Crippen LogP contribution in [0.1, 0.15) is 23.7 Å². The average molecular weight is 522 g/mol. The summed E-state index contributed by atoms with van der Waals surface area (Å²) in [6.07, 6.45) is -0.887. The monoisotopic (exact) mass is 521 g/mol. The highest BCUT2D eigenvalue weighted by Crippen LogP contribution is 2.34. The molecule has 2 aliphatic rings. The van der Waals surface area contributed by atoms with Gasteiger partial charge in [-0.15, -0.1) is 0 Å². The van der Waals surface area contributed by atoms with Crippen molar-refractivity contribution in [2.24, 2.45) is 11.7 Å². The topological polar surface area (TPSA) is 102 Å². The Morgan fingerprint density at radius 3 is 2.70 bits per heavy atom. The van der Waals surface area contributed by atoms with E-state index >= 15 is 0 Å². The maximum atomic E-state index is 14.9. The Kier molecular flexibility index (Phi) is 6.99. The Hall–Kier alpha value is -3.32. The molecule has 2 fully saturated rings. The van der Waals surface area contributed by atoms with E-state index in [9.17, 15) is 22.4 Å². The van der Waals surface area contributed by atoms with Crippen molar-refractivity contribution in [1.29, 1.82) is 0 Å². The highest BCUT2D eigenvalue weighted by molar-refractivity contribution is 5.88. The van der Waals surface area contributed by atoms with Gasteiger partial charge in [-0.3, -0.25) is 14.7 Å². The van der Waals surface area contributed by atoms with Crippen LogP contribution in [0.25, 0.3) is 11.0 Å². The summed E-state index contributed by atoms with van der Waals surface area (Å²) >= 11 is 0. The van der Waals surface area contributed by atoms with Gasteiger partial charge in [-0.1, -0.05) is 0 Å². The van der Waals surface area contributed by atoms with Gasteiger partial charge in [0, 0.05) is 37.9 Å². The van der Waals surface area contributed by atoms with Crippen LogP contribution >= 0.6 is 0 Å². The third-order valence-electron chi connectivity index (χ3n) is 6.96. The third-order valence-corrected chi connectivity index (χ3v) is 6.96. The zero-order chi connectivity index (χ0) is 26.2. The molecule has 0 aliphatic carbocycles. The van der Waals surface area contributed by atoms with E-state index in [0.717, 1.165) is 17.6 Å². The van der Waals surface area contributed by atoms with E-state index < -0.39 is 29.9 Å². The minimum atomic E-state index is -4.47. The van der Waals surface area contributed by atoms with Gasteiger partial charge in [0.1, 0.15) is 24.0 Å². The lowest BCUT2D eigenvalue weighted by molar-refractivity contribution is -0.137. The molecule has 3 aromatic heterocycles. The molecule has 3 atom stereocenters. The molecule has 37 heavy (non-hydrogen) atoms. The maximum Gasteiger partial charge on any atom is 0.417 e. The van der Waals surface area contributed by atoms with E-state index in [2.05, 4.69) is 15.0 Å². The molecule has 5 heterocycles. The van der Waals surface area contributed by atoms with Crippen molar-refractivity contribution in [2.75, 3.05) is 44.3 Å². The highest BCUT2D eigenvalue weighted by atomic mass is 19.4. The molecule has 2 aliphatic heterocycles. The molecule has 1 amide bonds. The number of piperidine rings is 1. The van der Waals surface area contributed by atoms with Gasteiger partial charge in [0.15, 0.2) is 0 Å². The number of hydrogen-bond donors (Lipinski definition) is 1. The number of rotatable bonds is 6. The zero-order valence-electron chi connectivity index (χ0n) is 19.9. The Labute approximate surface area is 210 Å². The number of nitrogens with two attached hydrogens (primary N) is 1. The summed E-state index contributed by atoms with van der Waals surface area (Å²) in [6.45, 7) is 2.35. The predicted octanol–water partition coefficient (Wildman–Crippen LogP) is 2.57. The van der Waals surface area contributed by atoms with Crippen LogP contribution in [-0.2, 0) is 22.3 Å². The fourth-order valence-corrected chi connectivity index (χ4v) is 5.08. The van der Waals surface area contributed by atoms with Gasteiger partial charge < -0.3 is 19.9 Å². The van der Waals surface area contributed by atoms with Crippen molar-refractivity contribution < 1.29 is 27.1 Å². The van der Waals surface area contributed by atoms with E-state index in [0.29, 0.717) is 49.8 Å². The second-order valence-electron chi connectivity index (χ2n) is 9.42. The van der Waals surface area contributed by atoms with E-state index in [4.69, 9.17) is 10.5 Å². The molecule has 0 aromatic carbocycles. The first-order valence-corrected chi connectivity index (χ1v) is 12.0. The summed E-state index contributed by atoms with van der Waals surface area (Å²) in [7, 11) is 0. The maximum absolute atomic E-state index is 14.9. The van der Waals surface area contributed by atoms with Crippen LogP contribution in [0.15, 0.2) is 36.9 Å². The van der Waals surface area contributed by atoms with Crippen LogP contribution < -0.4 is 10.6 Å². The van der Waals surface area contributed by atoms with Crippen molar-refractivity contribution >= 4 is 22.8 Å². The van der Waals surface area contributed by atoms with Crippen LogP contribution in [0.2, 0.25) is 0 Å². The number of anilines is 1. The SMILES string of the molecule is NC(=O)CN1CCC(Cn2ccc3c(N4CCOC[C@@H]4c4ccc(C(F)(F)F)cn4)ncnc32)C(F)C1. The lowest BCUT2D eigenvalue weighted by Crippen LogP contribution is -2.46. The minimum Gasteiger partial charge on any atom is -0.377 e. The molecule has 0 saturated carbocycles. The first-order valence-electron chi connectivity index (χ1n) is 12.0. The minimum absolute atomic E-state index is 0.0463. The summed E-state index contributed by atoms with van der Waals surface area (Å²) in [5.74, 6) is -0.100. The van der Waals surface area contributed by atoms with Crippen LogP contribution in [0.3, 0.4) is 0 Å². The molecule has 2 unspecified atom stereocenters. The van der Waals surface area contributed by atoms with Crippen LogP contribution in [0.4, 0.5) is 23.4 Å². The molecule has 198 valence electrons. The van der Waals surface area contributed by atoms with Crippen LogP contribution in [0, 0.1) is 5.92 Å². The Bertz CT molecular complexity index is 1250. The number of hydrogen-bond acceptors (Lipinski definition) is 7. The number of carbonyl (C=O) groups excluding carboxylic acids is 1. The normalized spacial score (nSPS) is 23.5. The molecule has 5 rings (SSSR count). The summed E-state index contributed by atoms with van der Waals surface area (Å²) in [4.78, 5) is 27.9. The van der Waals surface area contributed by atoms with Gasteiger partial charge in [-0.05, 0) is 31.2 Å². The Balaban J connectivity index is 1.37. The van der Waals surface area contributed by atoms with Crippen molar-refractivity contribution in [3.05, 3.63) is 48.2 Å². The number of ether oxygens (including phenoxy) is 1. The number of pyridine rings is 1. The summed E-state index contributed by atoms with van der Waals surface area (Å²) in [5.41, 5.74) is 5.51. The Morgan fingerprint density at radius 1 is 1.16 bits per heavy atom. The second-order valence-corrected chi connectivity index (χ2v) is 9.42. The number of alkyl halides is 4. The van der Waals surface area contributed by atoms with Gasteiger partial charge in [-0.2, -0.15) is 13.2 Å². The molecule has 2 saturated heterocycles. The summed E-state index contributed by atoms with van der Waals surface area (Å²) < 4.78 is 61.4.